The van der Waals surface area contributed by atoms with E-state index in [2.05, 4.69) is 15.0 Å². The Morgan fingerprint density at radius 1 is 0.459 bits per heavy atom. The third kappa shape index (κ3) is 6.81. The van der Waals surface area contributed by atoms with Crippen LogP contribution in [0, 0.1) is 38.6 Å². The summed E-state index contributed by atoms with van der Waals surface area (Å²) in [5.74, 6) is -2.77. The number of fused-ring (bicyclic) bond motifs is 3. The minimum Gasteiger partial charge on any atom is -0.477 e. The Morgan fingerprint density at radius 3 is 0.919 bits per heavy atom. The molecule has 6 N–H and O–H groups in total. The van der Waals surface area contributed by atoms with Crippen molar-refractivity contribution in [3.8, 4) is 0 Å². The van der Waals surface area contributed by atoms with Crippen molar-refractivity contribution in [1.29, 1.82) is 0 Å². The molecule has 0 spiro atoms. The Morgan fingerprint density at radius 2 is 0.703 bits per heavy atom. The molecule has 0 fully saturated rings. The molecule has 6 rings (SSSR count). The predicted molar refractivity (Wildman–Crippen MR) is 136 cm³/mol. The number of nitrogens with one attached hydrogen (secondary N) is 3. The maximum Gasteiger partial charge on any atom is 0.352 e. The topological polar surface area (TPSA) is 159 Å². The van der Waals surface area contributed by atoms with E-state index in [-0.39, 0.29) is 55.7 Å². The fraction of sp³-hybridized carbons (Fsp3) is 0. The molecule has 189 valence electrons. The number of hydrogen-bond acceptors (Lipinski definition) is 3. The molecular formula is C27H21N3O6Tb. The first-order valence-electron chi connectivity index (χ1n) is 10.7. The first-order valence-corrected chi connectivity index (χ1v) is 10.7. The number of para-hydroxylation sites is 3. The Balaban J connectivity index is 0.000000152. The van der Waals surface area contributed by atoms with Gasteiger partial charge in [0.05, 0.1) is 0 Å². The Labute approximate surface area is 240 Å². The molecule has 0 atom stereocenters. The van der Waals surface area contributed by atoms with Gasteiger partial charge in [0.25, 0.3) is 0 Å². The van der Waals surface area contributed by atoms with Crippen LogP contribution in [0.5, 0.6) is 0 Å². The van der Waals surface area contributed by atoms with E-state index in [1.54, 1.807) is 18.2 Å². The SMILES string of the molecule is O=C(O)c1cc2ccccc2[nH]1.O=C(O)c1cc2ccccc2[nH]1.O=C(O)c1cc2ccccc2[nH]1.[Tb]. The summed E-state index contributed by atoms with van der Waals surface area (Å²) in [6.45, 7) is 0. The van der Waals surface area contributed by atoms with Crippen molar-refractivity contribution in [3.05, 3.63) is 108 Å². The zero-order valence-electron chi connectivity index (χ0n) is 19.1. The molecule has 0 saturated heterocycles. The fourth-order valence-corrected chi connectivity index (χ4v) is 3.57. The molecule has 37 heavy (non-hydrogen) atoms. The molecule has 3 aromatic carbocycles. The van der Waals surface area contributed by atoms with Crippen LogP contribution in [-0.4, -0.2) is 48.2 Å². The van der Waals surface area contributed by atoms with Gasteiger partial charge in [-0.05, 0) is 36.4 Å². The van der Waals surface area contributed by atoms with E-state index in [4.69, 9.17) is 15.3 Å². The van der Waals surface area contributed by atoms with E-state index in [0.29, 0.717) is 0 Å². The van der Waals surface area contributed by atoms with Crippen LogP contribution in [0.25, 0.3) is 32.7 Å². The van der Waals surface area contributed by atoms with Crippen LogP contribution in [0.3, 0.4) is 0 Å². The van der Waals surface area contributed by atoms with Crippen molar-refractivity contribution < 1.29 is 68.3 Å². The second-order valence-electron chi connectivity index (χ2n) is 7.73. The number of aromatic carboxylic acids is 3. The zero-order valence-corrected chi connectivity index (χ0v) is 21.2. The molecule has 0 bridgehead atoms. The van der Waals surface area contributed by atoms with Gasteiger partial charge in [-0.1, -0.05) is 54.6 Å². The summed E-state index contributed by atoms with van der Waals surface area (Å²) in [6.07, 6.45) is 0. The van der Waals surface area contributed by atoms with Gasteiger partial charge >= 0.3 is 17.9 Å². The second-order valence-corrected chi connectivity index (χ2v) is 7.73. The molecular weight excluding hydrogens is 621 g/mol. The summed E-state index contributed by atoms with van der Waals surface area (Å²) >= 11 is 0. The summed E-state index contributed by atoms with van der Waals surface area (Å²) in [5.41, 5.74) is 3.27. The number of aromatic amines is 3. The van der Waals surface area contributed by atoms with Crippen molar-refractivity contribution in [3.63, 3.8) is 0 Å². The number of carboxylic acid groups (broad SMARTS) is 3. The maximum absolute atomic E-state index is 10.5. The number of benzene rings is 3. The smallest absolute Gasteiger partial charge is 0.352 e. The van der Waals surface area contributed by atoms with Gasteiger partial charge < -0.3 is 30.3 Å². The van der Waals surface area contributed by atoms with Crippen LogP contribution >= 0.6 is 0 Å². The van der Waals surface area contributed by atoms with Crippen molar-refractivity contribution >= 4 is 50.6 Å². The van der Waals surface area contributed by atoms with Crippen LogP contribution in [0.2, 0.25) is 0 Å². The van der Waals surface area contributed by atoms with Crippen molar-refractivity contribution in [1.82, 2.24) is 15.0 Å². The van der Waals surface area contributed by atoms with Crippen LogP contribution in [-0.2, 0) is 0 Å². The summed E-state index contributed by atoms with van der Waals surface area (Å²) in [7, 11) is 0. The Hall–Kier alpha value is -4.02. The quantitative estimate of drug-likeness (QED) is 0.148. The van der Waals surface area contributed by atoms with Crippen molar-refractivity contribution in [2.75, 3.05) is 0 Å². The first-order chi connectivity index (χ1) is 17.3. The summed E-state index contributed by atoms with van der Waals surface area (Å²) in [6, 6.07) is 27.3. The van der Waals surface area contributed by atoms with Crippen LogP contribution in [0.15, 0.2) is 91.0 Å². The van der Waals surface area contributed by atoms with E-state index >= 15 is 0 Å². The van der Waals surface area contributed by atoms with E-state index in [1.807, 2.05) is 72.8 Å². The molecule has 3 aromatic heterocycles. The molecule has 0 saturated carbocycles. The molecule has 0 aliphatic heterocycles. The van der Waals surface area contributed by atoms with Gasteiger partial charge in [0.2, 0.25) is 0 Å². The number of carboxylic acids is 3. The van der Waals surface area contributed by atoms with Crippen molar-refractivity contribution in [2.24, 2.45) is 0 Å². The van der Waals surface area contributed by atoms with E-state index in [0.717, 1.165) is 32.7 Å². The Kier molecular flexibility index (Phi) is 9.15. The second kappa shape index (κ2) is 12.3. The standard InChI is InChI=1S/3C9H7NO2.Tb/c3*11-9(12)8-5-6-3-1-2-4-7(6)10-8;/h3*1-5,10H,(H,11,12);. The average Bonchev–Trinajstić information content (AvgIpc) is 3.61. The van der Waals surface area contributed by atoms with Gasteiger partial charge in [0.15, 0.2) is 0 Å². The molecule has 0 unspecified atom stereocenters. The molecule has 9 nitrogen and oxygen atoms in total. The van der Waals surface area contributed by atoms with Crippen LogP contribution in [0.4, 0.5) is 0 Å². The van der Waals surface area contributed by atoms with Gasteiger partial charge in [-0.15, -0.1) is 0 Å². The van der Waals surface area contributed by atoms with Gasteiger partial charge in [0.1, 0.15) is 17.1 Å². The maximum atomic E-state index is 10.5. The molecule has 3 heterocycles. The van der Waals surface area contributed by atoms with Crippen LogP contribution < -0.4 is 0 Å². The number of hydrogen-bond donors (Lipinski definition) is 6. The third-order valence-corrected chi connectivity index (χ3v) is 5.28. The molecule has 0 aliphatic carbocycles. The summed E-state index contributed by atoms with van der Waals surface area (Å²) in [5, 5.41) is 28.7. The van der Waals surface area contributed by atoms with Gasteiger partial charge in [-0.3, -0.25) is 0 Å². The predicted octanol–water partition coefficient (Wildman–Crippen LogP) is 5.60. The number of carbonyl (C=O) groups is 3. The van der Waals surface area contributed by atoms with Gasteiger partial charge in [-0.2, -0.15) is 0 Å². The fourth-order valence-electron chi connectivity index (χ4n) is 3.57. The third-order valence-electron chi connectivity index (χ3n) is 5.28. The van der Waals surface area contributed by atoms with E-state index in [9.17, 15) is 14.4 Å². The molecule has 10 heteroatoms. The molecule has 1 radical (unpaired) electrons. The normalized spacial score (nSPS) is 10.1. The molecule has 6 aromatic rings. The van der Waals surface area contributed by atoms with Crippen molar-refractivity contribution in [2.45, 2.75) is 0 Å². The zero-order chi connectivity index (χ0) is 25.7. The Bertz CT molecular complexity index is 1400. The summed E-state index contributed by atoms with van der Waals surface area (Å²) < 4.78 is 0. The molecule has 0 amide bonds. The monoisotopic (exact) mass is 642 g/mol. The summed E-state index contributed by atoms with van der Waals surface area (Å²) in [4.78, 5) is 40.0. The number of H-pyrrole nitrogens is 3. The minimum absolute atomic E-state index is 0. The van der Waals surface area contributed by atoms with E-state index < -0.39 is 17.9 Å². The minimum atomic E-state index is -0.925. The largest absolute Gasteiger partial charge is 0.477 e. The number of aromatic nitrogens is 3. The first kappa shape index (κ1) is 27.6. The number of rotatable bonds is 3. The van der Waals surface area contributed by atoms with Crippen LogP contribution in [0.1, 0.15) is 31.5 Å². The van der Waals surface area contributed by atoms with Gasteiger partial charge in [-0.25, -0.2) is 14.4 Å². The van der Waals surface area contributed by atoms with Gasteiger partial charge in [0, 0.05) is 71.3 Å². The molecule has 0 aliphatic rings. The average molecular weight is 642 g/mol. The van der Waals surface area contributed by atoms with E-state index in [1.165, 1.54) is 0 Å².